The minimum absolute atomic E-state index is 0.245. The molecule has 0 bridgehead atoms. The van der Waals surface area contributed by atoms with Crippen molar-refractivity contribution in [2.24, 2.45) is 12.8 Å². The summed E-state index contributed by atoms with van der Waals surface area (Å²) >= 11 is 0. The lowest BCUT2D eigenvalue weighted by atomic mass is 10.1. The van der Waals surface area contributed by atoms with E-state index in [0.717, 1.165) is 16.8 Å². The van der Waals surface area contributed by atoms with Crippen LogP contribution in [0.2, 0.25) is 0 Å². The van der Waals surface area contributed by atoms with E-state index in [-0.39, 0.29) is 4.90 Å². The monoisotopic (exact) mass is 308 g/mol. The number of benzene rings is 1. The summed E-state index contributed by atoms with van der Waals surface area (Å²) in [7, 11) is -1.69. The number of aromatic nitrogens is 2. The van der Waals surface area contributed by atoms with Crippen LogP contribution in [-0.4, -0.2) is 24.7 Å². The highest BCUT2D eigenvalue weighted by Gasteiger charge is 2.14. The molecule has 0 saturated carbocycles. The number of aryl methyl sites for hydroxylation is 2. The average molecular weight is 308 g/mol. The number of nitrogens with one attached hydrogen (secondary N) is 1. The zero-order valence-electron chi connectivity index (χ0n) is 12.2. The van der Waals surface area contributed by atoms with Crippen LogP contribution in [-0.2, 0) is 30.0 Å². The Balaban J connectivity index is 2.04. The smallest absolute Gasteiger partial charge is 0.240 e. The normalized spacial score (nSPS) is 11.8. The molecule has 0 aliphatic carbocycles. The Morgan fingerprint density at radius 3 is 2.71 bits per heavy atom. The first kappa shape index (κ1) is 15.7. The summed E-state index contributed by atoms with van der Waals surface area (Å²) in [6, 6.07) is 6.86. The van der Waals surface area contributed by atoms with Gasteiger partial charge in [-0.3, -0.25) is 4.68 Å². The van der Waals surface area contributed by atoms with E-state index < -0.39 is 10.0 Å². The first-order chi connectivity index (χ1) is 9.92. The standard InChI is InChI=1S/C14H20N4O2S/c1-11-3-4-14(9-12(11)10-15)21(19,20)16-7-5-13-6-8-18(2)17-13/h3-4,6,8-9,16H,5,7,10,15H2,1-2H3. The Hall–Kier alpha value is -1.70. The third-order valence-corrected chi connectivity index (χ3v) is 4.75. The summed E-state index contributed by atoms with van der Waals surface area (Å²) in [6.45, 7) is 2.54. The van der Waals surface area contributed by atoms with Crippen molar-refractivity contribution in [3.63, 3.8) is 0 Å². The van der Waals surface area contributed by atoms with Gasteiger partial charge in [0, 0.05) is 32.8 Å². The highest BCUT2D eigenvalue weighted by molar-refractivity contribution is 7.89. The van der Waals surface area contributed by atoms with Crippen LogP contribution in [0.25, 0.3) is 0 Å². The molecule has 0 amide bonds. The second-order valence-electron chi connectivity index (χ2n) is 4.92. The van der Waals surface area contributed by atoms with Crippen molar-refractivity contribution >= 4 is 10.0 Å². The topological polar surface area (TPSA) is 90.0 Å². The van der Waals surface area contributed by atoms with E-state index in [1.807, 2.05) is 26.2 Å². The molecule has 21 heavy (non-hydrogen) atoms. The van der Waals surface area contributed by atoms with Crippen LogP contribution >= 0.6 is 0 Å². The fourth-order valence-electron chi connectivity index (χ4n) is 2.03. The first-order valence-corrected chi connectivity index (χ1v) is 8.18. The van der Waals surface area contributed by atoms with Crippen molar-refractivity contribution in [1.29, 1.82) is 0 Å². The van der Waals surface area contributed by atoms with E-state index >= 15 is 0 Å². The largest absolute Gasteiger partial charge is 0.326 e. The van der Waals surface area contributed by atoms with Gasteiger partial charge in [0.2, 0.25) is 10.0 Å². The molecular formula is C14H20N4O2S. The lowest BCUT2D eigenvalue weighted by Crippen LogP contribution is -2.26. The van der Waals surface area contributed by atoms with Gasteiger partial charge in [-0.25, -0.2) is 13.1 Å². The summed E-state index contributed by atoms with van der Waals surface area (Å²) in [5.74, 6) is 0. The Bertz CT molecular complexity index is 722. The molecule has 2 rings (SSSR count). The van der Waals surface area contributed by atoms with Gasteiger partial charge in [-0.15, -0.1) is 0 Å². The molecule has 3 N–H and O–H groups in total. The predicted molar refractivity (Wildman–Crippen MR) is 81.2 cm³/mol. The molecule has 114 valence electrons. The summed E-state index contributed by atoms with van der Waals surface area (Å²) in [6.07, 6.45) is 2.38. The molecule has 0 aliphatic rings. The molecule has 0 spiro atoms. The number of nitrogens with two attached hydrogens (primary N) is 1. The molecule has 0 fully saturated rings. The zero-order chi connectivity index (χ0) is 15.5. The van der Waals surface area contributed by atoms with Crippen LogP contribution in [0.3, 0.4) is 0 Å². The van der Waals surface area contributed by atoms with Crippen LogP contribution in [0, 0.1) is 6.92 Å². The van der Waals surface area contributed by atoms with Crippen LogP contribution < -0.4 is 10.5 Å². The van der Waals surface area contributed by atoms with Gasteiger partial charge in [0.25, 0.3) is 0 Å². The van der Waals surface area contributed by atoms with Crippen LogP contribution in [0.5, 0.6) is 0 Å². The number of hydrogen-bond donors (Lipinski definition) is 2. The second-order valence-corrected chi connectivity index (χ2v) is 6.69. The molecule has 0 radical (unpaired) electrons. The van der Waals surface area contributed by atoms with Crippen LogP contribution in [0.1, 0.15) is 16.8 Å². The second kappa shape index (κ2) is 6.38. The molecule has 2 aromatic rings. The molecule has 1 aromatic carbocycles. The predicted octanol–water partition coefficient (Wildman–Crippen LogP) is 0.708. The maximum Gasteiger partial charge on any atom is 0.240 e. The molecular weight excluding hydrogens is 288 g/mol. The van der Waals surface area contributed by atoms with E-state index in [1.165, 1.54) is 0 Å². The van der Waals surface area contributed by atoms with E-state index in [0.29, 0.717) is 19.5 Å². The molecule has 0 atom stereocenters. The highest BCUT2D eigenvalue weighted by Crippen LogP contribution is 2.15. The third-order valence-electron chi connectivity index (χ3n) is 3.29. The number of rotatable bonds is 6. The van der Waals surface area contributed by atoms with Gasteiger partial charge < -0.3 is 5.73 Å². The van der Waals surface area contributed by atoms with Crippen molar-refractivity contribution in [3.05, 3.63) is 47.3 Å². The van der Waals surface area contributed by atoms with Gasteiger partial charge in [-0.1, -0.05) is 6.07 Å². The molecule has 7 heteroatoms. The van der Waals surface area contributed by atoms with E-state index in [1.54, 1.807) is 22.9 Å². The van der Waals surface area contributed by atoms with E-state index in [4.69, 9.17) is 5.73 Å². The van der Waals surface area contributed by atoms with Crippen molar-refractivity contribution in [2.45, 2.75) is 24.8 Å². The zero-order valence-corrected chi connectivity index (χ0v) is 13.0. The van der Waals surface area contributed by atoms with Crippen molar-refractivity contribution < 1.29 is 8.42 Å². The Morgan fingerprint density at radius 1 is 1.33 bits per heavy atom. The van der Waals surface area contributed by atoms with Gasteiger partial charge in [0.05, 0.1) is 10.6 Å². The number of sulfonamides is 1. The molecule has 0 aliphatic heterocycles. The lowest BCUT2D eigenvalue weighted by molar-refractivity contribution is 0.581. The molecule has 6 nitrogen and oxygen atoms in total. The maximum atomic E-state index is 12.2. The van der Waals surface area contributed by atoms with Crippen molar-refractivity contribution in [2.75, 3.05) is 6.54 Å². The lowest BCUT2D eigenvalue weighted by Gasteiger charge is -2.09. The Kier molecular flexibility index (Phi) is 4.76. The highest BCUT2D eigenvalue weighted by atomic mass is 32.2. The van der Waals surface area contributed by atoms with Gasteiger partial charge in [-0.2, -0.15) is 5.10 Å². The minimum Gasteiger partial charge on any atom is -0.326 e. The fraction of sp³-hybridized carbons (Fsp3) is 0.357. The van der Waals surface area contributed by atoms with E-state index in [9.17, 15) is 8.42 Å². The number of nitrogens with zero attached hydrogens (tertiary/aromatic N) is 2. The summed E-state index contributed by atoms with van der Waals surface area (Å²) in [5, 5.41) is 4.21. The van der Waals surface area contributed by atoms with Gasteiger partial charge in [0.15, 0.2) is 0 Å². The SMILES string of the molecule is Cc1ccc(S(=O)(=O)NCCc2ccn(C)n2)cc1CN. The van der Waals surface area contributed by atoms with Gasteiger partial charge >= 0.3 is 0 Å². The van der Waals surface area contributed by atoms with Gasteiger partial charge in [0.1, 0.15) is 0 Å². The molecule has 0 saturated heterocycles. The Morgan fingerprint density at radius 2 is 2.10 bits per heavy atom. The number of hydrogen-bond acceptors (Lipinski definition) is 4. The average Bonchev–Trinajstić information content (AvgIpc) is 2.84. The van der Waals surface area contributed by atoms with Crippen LogP contribution in [0.4, 0.5) is 0 Å². The third kappa shape index (κ3) is 3.90. The van der Waals surface area contributed by atoms with Crippen molar-refractivity contribution in [3.8, 4) is 0 Å². The Labute approximate surface area is 125 Å². The quantitative estimate of drug-likeness (QED) is 0.822. The summed E-state index contributed by atoms with van der Waals surface area (Å²) in [5.41, 5.74) is 8.30. The maximum absolute atomic E-state index is 12.2. The minimum atomic E-state index is -3.51. The molecule has 0 unspecified atom stereocenters. The van der Waals surface area contributed by atoms with E-state index in [2.05, 4.69) is 9.82 Å². The summed E-state index contributed by atoms with van der Waals surface area (Å²) in [4.78, 5) is 0.245. The van der Waals surface area contributed by atoms with Crippen LogP contribution in [0.15, 0.2) is 35.4 Å². The van der Waals surface area contributed by atoms with Gasteiger partial charge in [-0.05, 0) is 36.2 Å². The molecule has 1 aromatic heterocycles. The first-order valence-electron chi connectivity index (χ1n) is 6.70. The molecule has 1 heterocycles. The fourth-order valence-corrected chi connectivity index (χ4v) is 3.11. The summed E-state index contributed by atoms with van der Waals surface area (Å²) < 4.78 is 28.7. The van der Waals surface area contributed by atoms with Crippen molar-refractivity contribution in [1.82, 2.24) is 14.5 Å².